The van der Waals surface area contributed by atoms with Crippen LogP contribution in [0, 0.1) is 5.92 Å². The minimum absolute atomic E-state index is 0. The second-order valence-corrected chi connectivity index (χ2v) is 10.3. The summed E-state index contributed by atoms with van der Waals surface area (Å²) >= 11 is 2.00. The van der Waals surface area contributed by atoms with Gasteiger partial charge in [0.25, 0.3) is 0 Å². The van der Waals surface area contributed by atoms with Crippen LogP contribution in [-0.4, -0.2) is 67.6 Å². The monoisotopic (exact) mass is 544 g/mol. The Balaban J connectivity index is 0.00000256. The molecule has 0 amide bonds. The average molecular weight is 545 g/mol. The molecule has 2 N–H and O–H groups in total. The van der Waals surface area contributed by atoms with Crippen LogP contribution >= 0.6 is 35.7 Å². The van der Waals surface area contributed by atoms with Crippen LogP contribution in [0.25, 0.3) is 0 Å². The molecule has 7 heteroatoms. The quantitative estimate of drug-likeness (QED) is 0.295. The maximum Gasteiger partial charge on any atom is 0.191 e. The largest absolute Gasteiger partial charge is 0.381 e. The molecule has 0 aromatic heterocycles. The molecule has 1 aliphatic carbocycles. The number of likely N-dealkylation sites (tertiary alicyclic amines) is 1. The van der Waals surface area contributed by atoms with Crippen molar-refractivity contribution in [2.24, 2.45) is 10.9 Å². The van der Waals surface area contributed by atoms with Crippen LogP contribution in [0.5, 0.6) is 0 Å². The molecule has 4 rings (SSSR count). The van der Waals surface area contributed by atoms with Gasteiger partial charge in [-0.05, 0) is 57.1 Å². The van der Waals surface area contributed by atoms with Gasteiger partial charge in [0.05, 0.1) is 13.2 Å². The molecule has 2 saturated heterocycles. The van der Waals surface area contributed by atoms with Crippen molar-refractivity contribution in [3.8, 4) is 0 Å². The molecule has 5 nitrogen and oxygen atoms in total. The first-order valence-electron chi connectivity index (χ1n) is 11.3. The van der Waals surface area contributed by atoms with Crippen molar-refractivity contribution in [3.05, 3.63) is 30.3 Å². The summed E-state index contributed by atoms with van der Waals surface area (Å²) in [5.74, 6) is 1.74. The van der Waals surface area contributed by atoms with E-state index in [2.05, 4.69) is 52.8 Å². The minimum Gasteiger partial charge on any atom is -0.381 e. The molecular weight excluding hydrogens is 507 g/mol. The van der Waals surface area contributed by atoms with Crippen molar-refractivity contribution in [1.82, 2.24) is 15.5 Å². The van der Waals surface area contributed by atoms with Crippen molar-refractivity contribution < 1.29 is 4.74 Å². The second-order valence-electron chi connectivity index (χ2n) is 8.74. The molecule has 0 spiro atoms. The van der Waals surface area contributed by atoms with Crippen molar-refractivity contribution in [3.63, 3.8) is 0 Å². The fourth-order valence-electron chi connectivity index (χ4n) is 4.26. The molecule has 1 unspecified atom stereocenters. The summed E-state index contributed by atoms with van der Waals surface area (Å²) < 4.78 is 5.83. The van der Waals surface area contributed by atoms with Gasteiger partial charge in [-0.3, -0.25) is 4.99 Å². The zero-order chi connectivity index (χ0) is 19.9. The smallest absolute Gasteiger partial charge is 0.191 e. The maximum absolute atomic E-state index is 5.53. The van der Waals surface area contributed by atoms with E-state index < -0.39 is 0 Å². The summed E-state index contributed by atoms with van der Waals surface area (Å²) in [5.41, 5.74) is 0. The Hall–Kier alpha value is -0.510. The Morgan fingerprint density at radius 2 is 1.97 bits per heavy atom. The number of rotatable bonds is 8. The highest BCUT2D eigenvalue weighted by atomic mass is 127. The molecule has 2 aliphatic heterocycles. The molecule has 1 atom stereocenters. The number of piperidine rings is 1. The lowest BCUT2D eigenvalue weighted by molar-refractivity contribution is 0.150. The van der Waals surface area contributed by atoms with Crippen LogP contribution in [-0.2, 0) is 4.74 Å². The summed E-state index contributed by atoms with van der Waals surface area (Å²) in [6, 6.07) is 11.3. The highest BCUT2D eigenvalue weighted by Crippen LogP contribution is 2.51. The van der Waals surface area contributed by atoms with Crippen molar-refractivity contribution >= 4 is 41.7 Å². The van der Waals surface area contributed by atoms with Gasteiger partial charge in [-0.1, -0.05) is 18.2 Å². The Labute approximate surface area is 203 Å². The Kier molecular flexibility index (Phi) is 9.60. The third-order valence-corrected chi connectivity index (χ3v) is 7.70. The van der Waals surface area contributed by atoms with Crippen molar-refractivity contribution in [1.29, 1.82) is 0 Å². The first-order chi connectivity index (χ1) is 14.2. The highest BCUT2D eigenvalue weighted by Gasteiger charge is 2.43. The lowest BCUT2D eigenvalue weighted by atomic mass is 10.0. The van der Waals surface area contributed by atoms with Gasteiger partial charge in [0, 0.05) is 48.5 Å². The number of benzene rings is 1. The predicted molar refractivity (Wildman–Crippen MR) is 137 cm³/mol. The van der Waals surface area contributed by atoms with E-state index in [-0.39, 0.29) is 24.0 Å². The molecule has 1 aromatic rings. The fourth-order valence-corrected chi connectivity index (χ4v) is 5.49. The molecular formula is C23H37IN4OS. The Morgan fingerprint density at radius 3 is 2.60 bits per heavy atom. The summed E-state index contributed by atoms with van der Waals surface area (Å²) in [4.78, 5) is 8.97. The molecule has 168 valence electrons. The highest BCUT2D eigenvalue weighted by molar-refractivity contribution is 14.0. The van der Waals surface area contributed by atoms with E-state index in [0.717, 1.165) is 38.2 Å². The van der Waals surface area contributed by atoms with E-state index in [1.54, 1.807) is 0 Å². The number of nitrogens with zero attached hydrogens (tertiary/aromatic N) is 2. The Morgan fingerprint density at radius 1 is 1.20 bits per heavy atom. The summed E-state index contributed by atoms with van der Waals surface area (Å²) in [6.45, 7) is 9.43. The predicted octanol–water partition coefficient (Wildman–Crippen LogP) is 3.99. The van der Waals surface area contributed by atoms with E-state index in [9.17, 15) is 0 Å². The molecule has 1 aromatic carbocycles. The zero-order valence-corrected chi connectivity index (χ0v) is 21.3. The van der Waals surface area contributed by atoms with E-state index in [4.69, 9.17) is 9.73 Å². The van der Waals surface area contributed by atoms with Crippen LogP contribution in [0.1, 0.15) is 39.0 Å². The summed E-state index contributed by atoms with van der Waals surface area (Å²) in [6.07, 6.45) is 6.15. The lowest BCUT2D eigenvalue weighted by Gasteiger charge is -2.34. The molecule has 0 bridgehead atoms. The van der Waals surface area contributed by atoms with Crippen LogP contribution in [0.3, 0.4) is 0 Å². The number of aliphatic imine (C=N–C) groups is 1. The topological polar surface area (TPSA) is 48.9 Å². The van der Waals surface area contributed by atoms with E-state index in [0.29, 0.717) is 10.8 Å². The van der Waals surface area contributed by atoms with Gasteiger partial charge >= 0.3 is 0 Å². The van der Waals surface area contributed by atoms with E-state index >= 15 is 0 Å². The zero-order valence-electron chi connectivity index (χ0n) is 18.1. The van der Waals surface area contributed by atoms with Gasteiger partial charge in [0.1, 0.15) is 0 Å². The molecule has 1 saturated carbocycles. The van der Waals surface area contributed by atoms with E-state index in [1.807, 2.05) is 11.8 Å². The van der Waals surface area contributed by atoms with Gasteiger partial charge in [0.15, 0.2) is 5.96 Å². The van der Waals surface area contributed by atoms with Gasteiger partial charge < -0.3 is 20.3 Å². The van der Waals surface area contributed by atoms with Crippen LogP contribution in [0.4, 0.5) is 0 Å². The van der Waals surface area contributed by atoms with Crippen LogP contribution in [0.2, 0.25) is 0 Å². The average Bonchev–Trinajstić information content (AvgIpc) is 3.31. The third kappa shape index (κ3) is 7.28. The molecule has 30 heavy (non-hydrogen) atoms. The summed E-state index contributed by atoms with van der Waals surface area (Å²) in [5, 5.41) is 7.18. The second kappa shape index (κ2) is 11.9. The first-order valence-corrected chi connectivity index (χ1v) is 12.2. The first kappa shape index (κ1) is 24.1. The standard InChI is InChI=1S/C23H36N4OS.HI/c1-2-24-22(25-18-23(11-12-23)29-21-6-4-3-5-7-21)26-20-8-13-27(14-9-20)16-19-10-15-28-17-19;/h3-7,19-20H,2,8-18H2,1H3,(H2,24,25,26);1H. The third-order valence-electron chi connectivity index (χ3n) is 6.22. The fraction of sp³-hybridized carbons (Fsp3) is 0.696. The molecule has 3 aliphatic rings. The molecule has 2 heterocycles. The van der Waals surface area contributed by atoms with E-state index in [1.165, 1.54) is 56.6 Å². The maximum atomic E-state index is 5.53. The number of thioether (sulfide) groups is 1. The van der Waals surface area contributed by atoms with Crippen LogP contribution < -0.4 is 10.6 Å². The SMILES string of the molecule is CCNC(=NCC1(Sc2ccccc2)CC1)NC1CCN(CC2CCOC2)CC1.I. The lowest BCUT2D eigenvalue weighted by Crippen LogP contribution is -2.49. The number of ether oxygens (including phenoxy) is 1. The number of hydrogen-bond donors (Lipinski definition) is 2. The number of halogens is 1. The Bertz CT molecular complexity index is 656. The van der Waals surface area contributed by atoms with Gasteiger partial charge in [0.2, 0.25) is 0 Å². The minimum atomic E-state index is 0. The van der Waals surface area contributed by atoms with Gasteiger partial charge in [-0.2, -0.15) is 0 Å². The number of nitrogens with one attached hydrogen (secondary N) is 2. The summed E-state index contributed by atoms with van der Waals surface area (Å²) in [7, 11) is 0. The van der Waals surface area contributed by atoms with Crippen LogP contribution in [0.15, 0.2) is 40.2 Å². The van der Waals surface area contributed by atoms with Crippen molar-refractivity contribution in [2.75, 3.05) is 45.9 Å². The van der Waals surface area contributed by atoms with Gasteiger partial charge in [-0.25, -0.2) is 0 Å². The molecule has 3 fully saturated rings. The van der Waals surface area contributed by atoms with Crippen molar-refractivity contribution in [2.45, 2.75) is 54.7 Å². The van der Waals surface area contributed by atoms with Gasteiger partial charge in [-0.15, -0.1) is 35.7 Å². The number of guanidine groups is 1. The normalized spacial score (nSPS) is 24.3. The number of hydrogen-bond acceptors (Lipinski definition) is 4. The molecule has 0 radical (unpaired) electrons.